The van der Waals surface area contributed by atoms with Gasteiger partial charge in [-0.3, -0.25) is 19.3 Å². The molecule has 0 atom stereocenters. The summed E-state index contributed by atoms with van der Waals surface area (Å²) in [5.41, 5.74) is 1.13. The number of benzene rings is 3. The Morgan fingerprint density at radius 3 is 2.61 bits per heavy atom. The Morgan fingerprint density at radius 2 is 1.89 bits per heavy atom. The second kappa shape index (κ2) is 12.2. The van der Waals surface area contributed by atoms with Gasteiger partial charge in [0.15, 0.2) is 18.1 Å². The lowest BCUT2D eigenvalue weighted by Gasteiger charge is -2.14. The molecule has 0 aromatic heterocycles. The van der Waals surface area contributed by atoms with E-state index in [1.807, 2.05) is 0 Å². The van der Waals surface area contributed by atoms with Crippen LogP contribution in [0.3, 0.4) is 0 Å². The third-order valence-corrected chi connectivity index (χ3v) is 7.79. The van der Waals surface area contributed by atoms with Crippen molar-refractivity contribution in [2.45, 2.75) is 6.54 Å². The first-order valence-electron chi connectivity index (χ1n) is 10.9. The fraction of sp³-hybridized carbons (Fsp3) is 0.115. The van der Waals surface area contributed by atoms with Gasteiger partial charge in [-0.2, -0.15) is 0 Å². The van der Waals surface area contributed by atoms with Gasteiger partial charge in [-0.05, 0) is 81.8 Å². The zero-order valence-electron chi connectivity index (χ0n) is 19.6. The highest BCUT2D eigenvalue weighted by molar-refractivity contribution is 9.10. The number of thioether (sulfide) groups is 1. The Bertz CT molecular complexity index is 1450. The molecule has 0 bridgehead atoms. The average molecular weight is 640 g/mol. The molecule has 1 aliphatic rings. The van der Waals surface area contributed by atoms with Crippen molar-refractivity contribution < 1.29 is 28.2 Å². The fourth-order valence-corrected chi connectivity index (χ4v) is 4.92. The highest BCUT2D eigenvalue weighted by Gasteiger charge is 2.36. The first-order chi connectivity index (χ1) is 18.2. The van der Waals surface area contributed by atoms with Gasteiger partial charge >= 0.3 is 0 Å². The minimum absolute atomic E-state index is 0.0631. The molecule has 0 aliphatic carbocycles. The number of halogens is 4. The smallest absolute Gasteiger partial charge is 0.293 e. The minimum Gasteiger partial charge on any atom is -0.493 e. The van der Waals surface area contributed by atoms with Crippen molar-refractivity contribution in [3.05, 3.63) is 91.0 Å². The summed E-state index contributed by atoms with van der Waals surface area (Å²) < 4.78 is 25.8. The number of amides is 3. The quantitative estimate of drug-likeness (QED) is 0.263. The SMILES string of the molecule is COc1cc(/C=C2\SC(=O)N(Cc3c(F)cccc3Cl)C2=O)ccc1OCC(=O)Nc1ccc(Br)c(Cl)c1. The van der Waals surface area contributed by atoms with Crippen molar-refractivity contribution in [3.63, 3.8) is 0 Å². The molecule has 12 heteroatoms. The van der Waals surface area contributed by atoms with Gasteiger partial charge in [0.05, 0.1) is 23.6 Å². The van der Waals surface area contributed by atoms with E-state index in [0.29, 0.717) is 32.2 Å². The zero-order valence-corrected chi connectivity index (χ0v) is 23.5. The normalized spacial score (nSPS) is 14.2. The highest BCUT2D eigenvalue weighted by Crippen LogP contribution is 2.36. The largest absolute Gasteiger partial charge is 0.493 e. The summed E-state index contributed by atoms with van der Waals surface area (Å²) in [6.45, 7) is -0.570. The van der Waals surface area contributed by atoms with E-state index in [1.54, 1.807) is 36.4 Å². The van der Waals surface area contributed by atoms with Crippen LogP contribution in [0.4, 0.5) is 14.9 Å². The number of carbonyl (C=O) groups is 3. The van der Waals surface area contributed by atoms with Gasteiger partial charge in [0.1, 0.15) is 5.82 Å². The lowest BCUT2D eigenvalue weighted by Crippen LogP contribution is -2.28. The molecular weight excluding hydrogens is 622 g/mol. The molecule has 38 heavy (non-hydrogen) atoms. The van der Waals surface area contributed by atoms with Crippen molar-refractivity contribution in [3.8, 4) is 11.5 Å². The zero-order chi connectivity index (χ0) is 27.4. The number of rotatable bonds is 8. The summed E-state index contributed by atoms with van der Waals surface area (Å²) in [6.07, 6.45) is 1.52. The van der Waals surface area contributed by atoms with E-state index in [9.17, 15) is 18.8 Å². The van der Waals surface area contributed by atoms with Gasteiger partial charge in [0.25, 0.3) is 17.1 Å². The van der Waals surface area contributed by atoms with E-state index in [2.05, 4.69) is 21.2 Å². The van der Waals surface area contributed by atoms with Crippen molar-refractivity contribution in [2.24, 2.45) is 0 Å². The highest BCUT2D eigenvalue weighted by atomic mass is 79.9. The van der Waals surface area contributed by atoms with Gasteiger partial charge in [-0.1, -0.05) is 35.3 Å². The van der Waals surface area contributed by atoms with E-state index in [1.165, 1.54) is 31.4 Å². The molecule has 1 fully saturated rings. The third-order valence-electron chi connectivity index (χ3n) is 5.30. The maximum absolute atomic E-state index is 14.2. The summed E-state index contributed by atoms with van der Waals surface area (Å²) in [7, 11) is 1.43. The van der Waals surface area contributed by atoms with Crippen LogP contribution >= 0.6 is 50.9 Å². The molecule has 3 aromatic rings. The van der Waals surface area contributed by atoms with Crippen molar-refractivity contribution in [1.29, 1.82) is 0 Å². The number of methoxy groups -OCH3 is 1. The van der Waals surface area contributed by atoms with Crippen LogP contribution in [0.2, 0.25) is 10.0 Å². The van der Waals surface area contributed by atoms with Crippen LogP contribution in [0.15, 0.2) is 64.0 Å². The lowest BCUT2D eigenvalue weighted by atomic mass is 10.1. The van der Waals surface area contributed by atoms with Crippen LogP contribution in [-0.2, 0) is 16.1 Å². The van der Waals surface area contributed by atoms with Crippen LogP contribution < -0.4 is 14.8 Å². The van der Waals surface area contributed by atoms with E-state index in [4.69, 9.17) is 32.7 Å². The van der Waals surface area contributed by atoms with Crippen molar-refractivity contribution >= 4 is 79.7 Å². The van der Waals surface area contributed by atoms with Crippen LogP contribution in [0.25, 0.3) is 6.08 Å². The summed E-state index contributed by atoms with van der Waals surface area (Å²) >= 11 is 16.1. The molecule has 1 heterocycles. The summed E-state index contributed by atoms with van der Waals surface area (Å²) in [6, 6.07) is 14.0. The number of hydrogen-bond acceptors (Lipinski definition) is 6. The molecule has 4 rings (SSSR count). The van der Waals surface area contributed by atoms with E-state index < -0.39 is 22.9 Å². The van der Waals surface area contributed by atoms with E-state index in [0.717, 1.165) is 16.7 Å². The van der Waals surface area contributed by atoms with Crippen LogP contribution in [0.5, 0.6) is 11.5 Å². The van der Waals surface area contributed by atoms with Gasteiger partial charge in [-0.25, -0.2) is 4.39 Å². The van der Waals surface area contributed by atoms with Crippen molar-refractivity contribution in [1.82, 2.24) is 4.90 Å². The van der Waals surface area contributed by atoms with Crippen LogP contribution in [0, 0.1) is 5.82 Å². The lowest BCUT2D eigenvalue weighted by molar-refractivity contribution is -0.123. The average Bonchev–Trinajstić information content (AvgIpc) is 3.14. The Labute approximate surface area is 240 Å². The van der Waals surface area contributed by atoms with Gasteiger partial charge in [0.2, 0.25) is 0 Å². The standard InChI is InChI=1S/C26H18BrCl2FN2O5S/c1-36-22-9-14(5-8-21(22)37-13-24(33)31-15-6-7-17(27)19(29)11-15)10-23-25(34)32(26(35)38-23)12-16-18(28)3-2-4-20(16)30/h2-11H,12-13H2,1H3,(H,31,33)/b23-10-. The molecule has 196 valence electrons. The Kier molecular flexibility index (Phi) is 8.99. The Hall–Kier alpha value is -3.05. The maximum atomic E-state index is 14.2. The fourth-order valence-electron chi connectivity index (χ4n) is 3.44. The molecule has 1 aliphatic heterocycles. The first kappa shape index (κ1) is 28.0. The predicted octanol–water partition coefficient (Wildman–Crippen LogP) is 7.16. The van der Waals surface area contributed by atoms with Gasteiger partial charge < -0.3 is 14.8 Å². The Balaban J connectivity index is 1.43. The number of anilines is 1. The number of ether oxygens (including phenoxy) is 2. The summed E-state index contributed by atoms with van der Waals surface area (Å²) in [4.78, 5) is 38.7. The molecule has 7 nitrogen and oxygen atoms in total. The van der Waals surface area contributed by atoms with Crippen LogP contribution in [0.1, 0.15) is 11.1 Å². The monoisotopic (exact) mass is 638 g/mol. The van der Waals surface area contributed by atoms with Gasteiger partial charge in [-0.15, -0.1) is 0 Å². The topological polar surface area (TPSA) is 84.9 Å². The molecule has 0 radical (unpaired) electrons. The predicted molar refractivity (Wildman–Crippen MR) is 149 cm³/mol. The van der Waals surface area contributed by atoms with Crippen LogP contribution in [-0.4, -0.2) is 35.7 Å². The van der Waals surface area contributed by atoms with Crippen molar-refractivity contribution in [2.75, 3.05) is 19.0 Å². The summed E-state index contributed by atoms with van der Waals surface area (Å²) in [5.74, 6) is -0.955. The van der Waals surface area contributed by atoms with E-state index in [-0.39, 0.29) is 28.6 Å². The molecule has 1 saturated heterocycles. The minimum atomic E-state index is -0.602. The molecule has 3 amide bonds. The third kappa shape index (κ3) is 6.50. The van der Waals surface area contributed by atoms with E-state index >= 15 is 0 Å². The number of imide groups is 1. The second-order valence-electron chi connectivity index (χ2n) is 7.84. The molecular formula is C26H18BrCl2FN2O5S. The number of nitrogens with one attached hydrogen (secondary N) is 1. The molecule has 0 spiro atoms. The number of nitrogens with zero attached hydrogens (tertiary/aromatic N) is 1. The maximum Gasteiger partial charge on any atom is 0.293 e. The second-order valence-corrected chi connectivity index (χ2v) is 10.5. The molecule has 0 saturated carbocycles. The molecule has 0 unspecified atom stereocenters. The summed E-state index contributed by atoms with van der Waals surface area (Å²) in [5, 5.41) is 2.73. The Morgan fingerprint density at radius 1 is 1.11 bits per heavy atom. The number of hydrogen-bond donors (Lipinski definition) is 1. The van der Waals surface area contributed by atoms with Gasteiger partial charge in [0, 0.05) is 20.7 Å². The molecule has 1 N–H and O–H groups in total. The first-order valence-corrected chi connectivity index (χ1v) is 13.3. The molecule has 3 aromatic carbocycles. The number of carbonyl (C=O) groups excluding carboxylic acids is 3.